The van der Waals surface area contributed by atoms with Crippen molar-refractivity contribution in [2.75, 3.05) is 19.8 Å². The normalized spacial score (nSPS) is 40.8. The second-order valence-corrected chi connectivity index (χ2v) is 11.5. The van der Waals surface area contributed by atoms with Crippen molar-refractivity contribution in [1.82, 2.24) is 9.21 Å². The minimum atomic E-state index is -3.54. The van der Waals surface area contributed by atoms with Crippen LogP contribution < -0.4 is 0 Å². The van der Waals surface area contributed by atoms with E-state index in [1.165, 1.54) is 4.31 Å². The Labute approximate surface area is 157 Å². The van der Waals surface area contributed by atoms with Gasteiger partial charge in [-0.1, -0.05) is 26.0 Å². The number of amides is 1. The molecule has 0 aromatic heterocycles. The maximum absolute atomic E-state index is 13.6. The van der Waals surface area contributed by atoms with Gasteiger partial charge in [0, 0.05) is 11.3 Å². The molecule has 1 aliphatic heterocycles. The first-order valence-electron chi connectivity index (χ1n) is 10.0. The van der Waals surface area contributed by atoms with Crippen LogP contribution in [0.5, 0.6) is 0 Å². The number of nitrogens with zero attached hydrogens (tertiary/aromatic N) is 2. The first-order chi connectivity index (χ1) is 12.1. The summed E-state index contributed by atoms with van der Waals surface area (Å²) in [4.78, 5) is 15.5. The van der Waals surface area contributed by atoms with E-state index >= 15 is 0 Å². The molecule has 1 amide bonds. The molecule has 4 rings (SSSR count). The number of sulfonamides is 1. The van der Waals surface area contributed by atoms with Crippen LogP contribution in [0.25, 0.3) is 0 Å². The van der Waals surface area contributed by atoms with E-state index in [1.54, 1.807) is 0 Å². The van der Waals surface area contributed by atoms with Gasteiger partial charge in [0.25, 0.3) is 5.91 Å². The van der Waals surface area contributed by atoms with E-state index in [1.807, 2.05) is 19.0 Å². The molecule has 1 spiro atoms. The van der Waals surface area contributed by atoms with Crippen LogP contribution in [0, 0.1) is 22.7 Å². The highest BCUT2D eigenvalue weighted by atomic mass is 32.2. The molecule has 1 unspecified atom stereocenters. The Morgan fingerprint density at radius 1 is 1.27 bits per heavy atom. The first-order valence-corrected chi connectivity index (χ1v) is 11.6. The van der Waals surface area contributed by atoms with Gasteiger partial charge in [-0.3, -0.25) is 9.69 Å². The van der Waals surface area contributed by atoms with Gasteiger partial charge in [0.15, 0.2) is 0 Å². The molecule has 1 saturated heterocycles. The minimum Gasteiger partial charge on any atom is -0.298 e. The number of rotatable bonds is 3. The van der Waals surface area contributed by atoms with Gasteiger partial charge >= 0.3 is 0 Å². The van der Waals surface area contributed by atoms with Crippen LogP contribution in [0.2, 0.25) is 0 Å². The topological polar surface area (TPSA) is 57.7 Å². The third-order valence-corrected chi connectivity index (χ3v) is 10.0. The van der Waals surface area contributed by atoms with Gasteiger partial charge in [-0.25, -0.2) is 12.7 Å². The largest absolute Gasteiger partial charge is 0.298 e. The Hall–Kier alpha value is -0.880. The number of carbonyl (C=O) groups excluding carboxylic acids is 1. The van der Waals surface area contributed by atoms with E-state index in [2.05, 4.69) is 26.0 Å². The molecular weight excluding hydrogens is 348 g/mol. The Morgan fingerprint density at radius 3 is 2.58 bits per heavy atom. The zero-order valence-corrected chi connectivity index (χ0v) is 17.3. The SMILES string of the molecule is CN(C)[C@H](C(=O)N1[C@H]2C[C@@H]3CC[C@@]2(CS1(=O)=O)C3(C)C)C1C=CCCC1. The van der Waals surface area contributed by atoms with Crippen LogP contribution in [0.15, 0.2) is 12.2 Å². The molecule has 0 N–H and O–H groups in total. The number of carbonyl (C=O) groups is 1. The zero-order valence-electron chi connectivity index (χ0n) is 16.4. The third kappa shape index (κ3) is 2.30. The van der Waals surface area contributed by atoms with Crippen molar-refractivity contribution in [3.8, 4) is 0 Å². The maximum atomic E-state index is 13.6. The van der Waals surface area contributed by atoms with Crippen molar-refractivity contribution in [1.29, 1.82) is 0 Å². The quantitative estimate of drug-likeness (QED) is 0.706. The lowest BCUT2D eigenvalue weighted by atomic mass is 9.69. The van der Waals surface area contributed by atoms with Crippen LogP contribution in [0.3, 0.4) is 0 Å². The minimum absolute atomic E-state index is 0.00186. The molecule has 0 radical (unpaired) electrons. The van der Waals surface area contributed by atoms with E-state index < -0.39 is 16.1 Å². The highest BCUT2D eigenvalue weighted by molar-refractivity contribution is 7.90. The van der Waals surface area contributed by atoms with Crippen LogP contribution >= 0.6 is 0 Å². The summed E-state index contributed by atoms with van der Waals surface area (Å²) in [5.41, 5.74) is -0.246. The Balaban J connectivity index is 1.71. The van der Waals surface area contributed by atoms with Gasteiger partial charge < -0.3 is 0 Å². The predicted octanol–water partition coefficient (Wildman–Crippen LogP) is 2.64. The molecule has 3 fully saturated rings. The first kappa shape index (κ1) is 18.5. The van der Waals surface area contributed by atoms with Crippen LogP contribution in [-0.2, 0) is 14.8 Å². The number of likely N-dealkylation sites (N-methyl/N-ethyl adjacent to an activating group) is 1. The molecule has 2 saturated carbocycles. The van der Waals surface area contributed by atoms with Crippen LogP contribution in [0.1, 0.15) is 52.4 Å². The molecule has 5 nitrogen and oxygen atoms in total. The Bertz CT molecular complexity index is 742. The smallest absolute Gasteiger partial charge is 0.254 e. The summed E-state index contributed by atoms with van der Waals surface area (Å²) in [6, 6.07) is -0.525. The van der Waals surface area contributed by atoms with E-state index in [0.29, 0.717) is 5.92 Å². The highest BCUT2D eigenvalue weighted by Gasteiger charge is 2.72. The van der Waals surface area contributed by atoms with Crippen molar-refractivity contribution >= 4 is 15.9 Å². The number of hydrogen-bond acceptors (Lipinski definition) is 4. The van der Waals surface area contributed by atoms with Crippen molar-refractivity contribution in [2.24, 2.45) is 22.7 Å². The second-order valence-electron chi connectivity index (χ2n) is 9.69. The molecule has 3 aliphatic carbocycles. The molecule has 0 aromatic rings. The fourth-order valence-electron chi connectivity index (χ4n) is 6.60. The van der Waals surface area contributed by atoms with E-state index in [4.69, 9.17) is 0 Å². The average Bonchev–Trinajstić information content (AvgIpc) is 3.02. The summed E-state index contributed by atoms with van der Waals surface area (Å²) in [6.07, 6.45) is 10.2. The van der Waals surface area contributed by atoms with E-state index in [-0.39, 0.29) is 34.4 Å². The summed E-state index contributed by atoms with van der Waals surface area (Å²) in [7, 11) is 0.249. The summed E-state index contributed by atoms with van der Waals surface area (Å²) >= 11 is 0. The van der Waals surface area contributed by atoms with Gasteiger partial charge in [0.1, 0.15) is 0 Å². The lowest BCUT2D eigenvalue weighted by Crippen LogP contribution is -2.53. The third-order valence-electron chi connectivity index (χ3n) is 8.13. The zero-order chi connectivity index (χ0) is 18.9. The molecule has 1 heterocycles. The maximum Gasteiger partial charge on any atom is 0.254 e. The van der Waals surface area contributed by atoms with Crippen LogP contribution in [-0.4, -0.2) is 55.5 Å². The molecule has 146 valence electrons. The van der Waals surface area contributed by atoms with Gasteiger partial charge in [-0.05, 0) is 64.0 Å². The molecule has 2 bridgehead atoms. The fraction of sp³-hybridized carbons (Fsp3) is 0.850. The van der Waals surface area contributed by atoms with Crippen molar-refractivity contribution < 1.29 is 13.2 Å². The summed E-state index contributed by atoms with van der Waals surface area (Å²) in [5, 5.41) is 0. The molecular formula is C20H32N2O3S. The van der Waals surface area contributed by atoms with E-state index in [9.17, 15) is 13.2 Å². The Morgan fingerprint density at radius 2 is 2.00 bits per heavy atom. The highest BCUT2D eigenvalue weighted by Crippen LogP contribution is 2.70. The predicted molar refractivity (Wildman–Crippen MR) is 102 cm³/mol. The number of allylic oxidation sites excluding steroid dienone is 1. The lowest BCUT2D eigenvalue weighted by Gasteiger charge is -2.39. The molecule has 5 atom stereocenters. The van der Waals surface area contributed by atoms with E-state index in [0.717, 1.165) is 38.5 Å². The van der Waals surface area contributed by atoms with Crippen LogP contribution in [0.4, 0.5) is 0 Å². The van der Waals surface area contributed by atoms with Crippen molar-refractivity contribution in [2.45, 2.75) is 64.5 Å². The summed E-state index contributed by atoms with van der Waals surface area (Å²) < 4.78 is 27.7. The van der Waals surface area contributed by atoms with Gasteiger partial charge in [0.2, 0.25) is 10.0 Å². The second kappa shape index (κ2) is 5.81. The summed E-state index contributed by atoms with van der Waals surface area (Å²) in [6.45, 7) is 4.45. The number of fused-ring (bicyclic) bond motifs is 1. The van der Waals surface area contributed by atoms with Gasteiger partial charge in [-0.15, -0.1) is 0 Å². The summed E-state index contributed by atoms with van der Waals surface area (Å²) in [5.74, 6) is 0.590. The van der Waals surface area contributed by atoms with Crippen molar-refractivity contribution in [3.63, 3.8) is 0 Å². The standard InChI is InChI=1S/C20H32N2O3S/c1-19(2)15-10-11-20(19)13-26(24,25)22(16(20)12-15)18(23)17(21(3)4)14-8-6-5-7-9-14/h6,8,14-17H,5,7,9-13H2,1-4H3/t14?,15-,16-,17-,20-/m0/s1. The number of hydrogen-bond donors (Lipinski definition) is 0. The lowest BCUT2D eigenvalue weighted by molar-refractivity contribution is -0.135. The van der Waals surface area contributed by atoms with Gasteiger partial charge in [-0.2, -0.15) is 0 Å². The Kier molecular flexibility index (Phi) is 4.13. The molecule has 26 heavy (non-hydrogen) atoms. The molecule has 0 aromatic carbocycles. The molecule has 4 aliphatic rings. The average molecular weight is 381 g/mol. The monoisotopic (exact) mass is 380 g/mol. The fourth-order valence-corrected chi connectivity index (χ4v) is 9.15. The molecule has 6 heteroatoms. The van der Waals surface area contributed by atoms with Crippen molar-refractivity contribution in [3.05, 3.63) is 12.2 Å². The van der Waals surface area contributed by atoms with Gasteiger partial charge in [0.05, 0.1) is 17.8 Å².